The number of methoxy groups -OCH3 is 1. The van der Waals surface area contributed by atoms with Gasteiger partial charge in [0.25, 0.3) is 0 Å². The Morgan fingerprint density at radius 3 is 2.78 bits per heavy atom. The maximum Gasteiger partial charge on any atom is 0.222 e. The second-order valence-electron chi connectivity index (χ2n) is 5.94. The van der Waals surface area contributed by atoms with Crippen LogP contribution in [-0.4, -0.2) is 32.3 Å². The molecule has 23 heavy (non-hydrogen) atoms. The van der Waals surface area contributed by atoms with Crippen LogP contribution in [-0.2, 0) is 16.1 Å². The van der Waals surface area contributed by atoms with Gasteiger partial charge in [0, 0.05) is 25.8 Å². The lowest BCUT2D eigenvalue weighted by Crippen LogP contribution is -2.32. The largest absolute Gasteiger partial charge is 0.493 e. The molecule has 1 fully saturated rings. The first-order valence-corrected chi connectivity index (χ1v) is 7.84. The normalized spacial score (nSPS) is 14.7. The summed E-state index contributed by atoms with van der Waals surface area (Å²) >= 11 is 0. The molecule has 130 valence electrons. The van der Waals surface area contributed by atoms with Crippen molar-refractivity contribution in [2.45, 2.75) is 38.8 Å². The standard InChI is InChI=1S/C17H26N2O3.ClH/c1-12-3-6-14(16(7-12)22-11-13-4-5-13)10-19-17(20)8-15(9-18)21-2;/h3,6-7,13,15H,4-5,8-11,18H2,1-2H3,(H,19,20);1H. The zero-order valence-electron chi connectivity index (χ0n) is 13.8. The summed E-state index contributed by atoms with van der Waals surface area (Å²) in [7, 11) is 1.56. The van der Waals surface area contributed by atoms with Gasteiger partial charge in [0.1, 0.15) is 5.75 Å². The zero-order valence-corrected chi connectivity index (χ0v) is 14.7. The molecule has 1 aliphatic rings. The lowest BCUT2D eigenvalue weighted by molar-refractivity contribution is -0.123. The highest BCUT2D eigenvalue weighted by Gasteiger charge is 2.22. The molecule has 1 aromatic rings. The molecule has 2 rings (SSSR count). The van der Waals surface area contributed by atoms with Crippen LogP contribution in [0.2, 0.25) is 0 Å². The van der Waals surface area contributed by atoms with Crippen molar-refractivity contribution in [2.75, 3.05) is 20.3 Å². The molecule has 0 aromatic heterocycles. The van der Waals surface area contributed by atoms with Gasteiger partial charge in [-0.25, -0.2) is 0 Å². The minimum atomic E-state index is -0.233. The van der Waals surface area contributed by atoms with E-state index in [0.29, 0.717) is 19.0 Å². The minimum Gasteiger partial charge on any atom is -0.493 e. The topological polar surface area (TPSA) is 73.6 Å². The number of ether oxygens (including phenoxy) is 2. The summed E-state index contributed by atoms with van der Waals surface area (Å²) in [6.45, 7) is 3.60. The van der Waals surface area contributed by atoms with Gasteiger partial charge in [-0.2, -0.15) is 0 Å². The summed E-state index contributed by atoms with van der Waals surface area (Å²) in [5.41, 5.74) is 7.69. The van der Waals surface area contributed by atoms with Crippen LogP contribution >= 0.6 is 12.4 Å². The van der Waals surface area contributed by atoms with Gasteiger partial charge < -0.3 is 20.5 Å². The first kappa shape index (κ1) is 19.7. The van der Waals surface area contributed by atoms with E-state index in [-0.39, 0.29) is 30.8 Å². The molecule has 6 heteroatoms. The number of nitrogens with one attached hydrogen (secondary N) is 1. The molecule has 0 spiro atoms. The molecule has 1 atom stereocenters. The third-order valence-electron chi connectivity index (χ3n) is 3.88. The SMILES string of the molecule is COC(CN)CC(=O)NCc1ccc(C)cc1OCC1CC1.Cl. The summed E-state index contributed by atoms with van der Waals surface area (Å²) in [6.07, 6.45) is 2.56. The number of rotatable bonds is 9. The second-order valence-corrected chi connectivity index (χ2v) is 5.94. The van der Waals surface area contributed by atoms with Crippen LogP contribution in [0.5, 0.6) is 5.75 Å². The number of nitrogens with two attached hydrogens (primary N) is 1. The average molecular weight is 343 g/mol. The van der Waals surface area contributed by atoms with E-state index in [1.807, 2.05) is 25.1 Å². The maximum absolute atomic E-state index is 11.9. The number of aryl methyl sites for hydroxylation is 1. The molecule has 0 heterocycles. The molecule has 1 aliphatic carbocycles. The van der Waals surface area contributed by atoms with Gasteiger partial charge in [-0.1, -0.05) is 12.1 Å². The Bertz CT molecular complexity index is 503. The molecule has 1 aromatic carbocycles. The highest BCUT2D eigenvalue weighted by Crippen LogP contribution is 2.30. The van der Waals surface area contributed by atoms with Gasteiger partial charge in [0.15, 0.2) is 0 Å². The molecular weight excluding hydrogens is 316 g/mol. The van der Waals surface area contributed by atoms with Crippen molar-refractivity contribution in [1.82, 2.24) is 5.32 Å². The van der Waals surface area contributed by atoms with Crippen molar-refractivity contribution in [3.63, 3.8) is 0 Å². The Kier molecular flexibility index (Phi) is 8.37. The minimum absolute atomic E-state index is 0. The van der Waals surface area contributed by atoms with E-state index in [1.54, 1.807) is 7.11 Å². The summed E-state index contributed by atoms with van der Waals surface area (Å²) in [6, 6.07) is 6.07. The number of carbonyl (C=O) groups is 1. The highest BCUT2D eigenvalue weighted by molar-refractivity contribution is 5.85. The summed E-state index contributed by atoms with van der Waals surface area (Å²) < 4.78 is 11.0. The number of amides is 1. The fourth-order valence-corrected chi connectivity index (χ4v) is 2.17. The van der Waals surface area contributed by atoms with Crippen molar-refractivity contribution in [1.29, 1.82) is 0 Å². The quantitative estimate of drug-likeness (QED) is 0.721. The van der Waals surface area contributed by atoms with Crippen LogP contribution < -0.4 is 15.8 Å². The number of carbonyl (C=O) groups excluding carboxylic acids is 1. The highest BCUT2D eigenvalue weighted by atomic mass is 35.5. The maximum atomic E-state index is 11.9. The Morgan fingerprint density at radius 2 is 2.17 bits per heavy atom. The fourth-order valence-electron chi connectivity index (χ4n) is 2.17. The van der Waals surface area contributed by atoms with Crippen molar-refractivity contribution in [3.8, 4) is 5.75 Å². The summed E-state index contributed by atoms with van der Waals surface area (Å²) in [5, 5.41) is 2.91. The number of hydrogen-bond donors (Lipinski definition) is 2. The van der Waals surface area contributed by atoms with Crippen LogP contribution in [0, 0.1) is 12.8 Å². The van der Waals surface area contributed by atoms with Crippen molar-refractivity contribution >= 4 is 18.3 Å². The molecule has 5 nitrogen and oxygen atoms in total. The summed E-state index contributed by atoms with van der Waals surface area (Å²) in [4.78, 5) is 11.9. The molecule has 1 saturated carbocycles. The predicted octanol–water partition coefficient (Wildman–Crippen LogP) is 2.19. The average Bonchev–Trinajstić information content (AvgIpc) is 3.33. The van der Waals surface area contributed by atoms with Gasteiger partial charge in [-0.3, -0.25) is 4.79 Å². The van der Waals surface area contributed by atoms with Crippen LogP contribution in [0.4, 0.5) is 0 Å². The first-order chi connectivity index (χ1) is 10.6. The molecule has 0 bridgehead atoms. The van der Waals surface area contributed by atoms with Gasteiger partial charge >= 0.3 is 0 Å². The number of hydrogen-bond acceptors (Lipinski definition) is 4. The van der Waals surface area contributed by atoms with E-state index >= 15 is 0 Å². The van der Waals surface area contributed by atoms with E-state index in [1.165, 1.54) is 12.8 Å². The van der Waals surface area contributed by atoms with E-state index in [2.05, 4.69) is 5.32 Å². The molecule has 0 radical (unpaired) electrons. The third kappa shape index (κ3) is 6.77. The van der Waals surface area contributed by atoms with Crippen molar-refractivity contribution in [3.05, 3.63) is 29.3 Å². The van der Waals surface area contributed by atoms with Crippen LogP contribution in [0.1, 0.15) is 30.4 Å². The molecule has 0 saturated heterocycles. The van der Waals surface area contributed by atoms with Crippen LogP contribution in [0.3, 0.4) is 0 Å². The van der Waals surface area contributed by atoms with Gasteiger partial charge in [0.05, 0.1) is 19.1 Å². The van der Waals surface area contributed by atoms with Crippen molar-refractivity contribution in [2.24, 2.45) is 11.7 Å². The second kappa shape index (κ2) is 9.75. The van der Waals surface area contributed by atoms with Gasteiger partial charge in [-0.15, -0.1) is 12.4 Å². The number of halogens is 1. The van der Waals surface area contributed by atoms with Gasteiger partial charge in [0.2, 0.25) is 5.91 Å². The Labute approximate surface area is 144 Å². The third-order valence-corrected chi connectivity index (χ3v) is 3.88. The smallest absolute Gasteiger partial charge is 0.222 e. The van der Waals surface area contributed by atoms with E-state index in [0.717, 1.165) is 23.5 Å². The zero-order chi connectivity index (χ0) is 15.9. The van der Waals surface area contributed by atoms with Crippen LogP contribution in [0.25, 0.3) is 0 Å². The molecular formula is C17H27ClN2O3. The van der Waals surface area contributed by atoms with Gasteiger partial charge in [-0.05, 0) is 37.3 Å². The van der Waals surface area contributed by atoms with Crippen molar-refractivity contribution < 1.29 is 14.3 Å². The van der Waals surface area contributed by atoms with E-state index in [9.17, 15) is 4.79 Å². The van der Waals surface area contributed by atoms with E-state index in [4.69, 9.17) is 15.2 Å². The lowest BCUT2D eigenvalue weighted by atomic mass is 10.1. The fraction of sp³-hybridized carbons (Fsp3) is 0.588. The monoisotopic (exact) mass is 342 g/mol. The lowest BCUT2D eigenvalue weighted by Gasteiger charge is -2.15. The summed E-state index contributed by atoms with van der Waals surface area (Å²) in [5.74, 6) is 1.51. The Balaban J connectivity index is 0.00000264. The van der Waals surface area contributed by atoms with E-state index < -0.39 is 0 Å². The molecule has 1 unspecified atom stereocenters. The molecule has 1 amide bonds. The molecule has 0 aliphatic heterocycles. The first-order valence-electron chi connectivity index (χ1n) is 7.84. The van der Waals surface area contributed by atoms with Crippen LogP contribution in [0.15, 0.2) is 18.2 Å². The Hall–Kier alpha value is -1.30. The number of benzene rings is 1. The predicted molar refractivity (Wildman–Crippen MR) is 93.0 cm³/mol. The Morgan fingerprint density at radius 1 is 1.43 bits per heavy atom. The molecule has 3 N–H and O–H groups in total.